The van der Waals surface area contributed by atoms with Gasteiger partial charge in [-0.15, -0.1) is 0 Å². The highest BCUT2D eigenvalue weighted by Gasteiger charge is 2.45. The van der Waals surface area contributed by atoms with E-state index >= 15 is 0 Å². The molecule has 0 aromatic carbocycles. The molecule has 60 valence electrons. The zero-order chi connectivity index (χ0) is 8.48. The standard InChI is InChI=1S/C6H6ClNO3/c7-6(8(10)11)4-2-1-3-5(6)9/h1-5,9H. The molecule has 11 heavy (non-hydrogen) atoms. The maximum absolute atomic E-state index is 10.3. The molecule has 0 aromatic heterocycles. The maximum atomic E-state index is 10.3. The molecule has 1 rings (SSSR count). The number of aliphatic hydroxyl groups excluding tert-OH is 1. The predicted molar refractivity (Wildman–Crippen MR) is 39.9 cm³/mol. The van der Waals surface area contributed by atoms with Gasteiger partial charge in [-0.3, -0.25) is 10.1 Å². The minimum absolute atomic E-state index is 0.723. The predicted octanol–water partition coefficient (Wildman–Crippen LogP) is 0.685. The minimum atomic E-state index is -1.88. The Hall–Kier alpha value is -0.870. The van der Waals surface area contributed by atoms with Crippen LogP contribution in [0.15, 0.2) is 24.3 Å². The summed E-state index contributed by atoms with van der Waals surface area (Å²) in [6, 6.07) is 0. The molecule has 2 unspecified atom stereocenters. The van der Waals surface area contributed by atoms with Crippen molar-refractivity contribution in [3.63, 3.8) is 0 Å². The summed E-state index contributed by atoms with van der Waals surface area (Å²) in [7, 11) is 0. The fraction of sp³-hybridized carbons (Fsp3) is 0.333. The highest BCUT2D eigenvalue weighted by atomic mass is 35.5. The zero-order valence-corrected chi connectivity index (χ0v) is 6.23. The summed E-state index contributed by atoms with van der Waals surface area (Å²) in [5, 5.41) is 19.4. The van der Waals surface area contributed by atoms with Crippen LogP contribution in [0, 0.1) is 10.1 Å². The van der Waals surface area contributed by atoms with E-state index in [1.54, 1.807) is 0 Å². The molecule has 0 spiro atoms. The Morgan fingerprint density at radius 2 is 2.27 bits per heavy atom. The first-order chi connectivity index (χ1) is 5.07. The summed E-state index contributed by atoms with van der Waals surface area (Å²) in [5.41, 5.74) is 0. The molecule has 1 aliphatic rings. The van der Waals surface area contributed by atoms with Crippen LogP contribution in [0.25, 0.3) is 0 Å². The Kier molecular flexibility index (Phi) is 1.97. The van der Waals surface area contributed by atoms with Crippen LogP contribution in [0.5, 0.6) is 0 Å². The van der Waals surface area contributed by atoms with Crippen molar-refractivity contribution in [3.05, 3.63) is 34.4 Å². The summed E-state index contributed by atoms with van der Waals surface area (Å²) in [6.07, 6.45) is 4.11. The molecule has 2 atom stereocenters. The number of hydrogen-bond acceptors (Lipinski definition) is 3. The fourth-order valence-electron chi connectivity index (χ4n) is 0.762. The Balaban J connectivity index is 2.94. The summed E-state index contributed by atoms with van der Waals surface area (Å²) in [6.45, 7) is 0. The third kappa shape index (κ3) is 1.27. The van der Waals surface area contributed by atoms with Gasteiger partial charge >= 0.3 is 5.00 Å². The van der Waals surface area contributed by atoms with E-state index < -0.39 is 16.0 Å². The summed E-state index contributed by atoms with van der Waals surface area (Å²) in [5.74, 6) is 0. The van der Waals surface area contributed by atoms with Crippen LogP contribution >= 0.6 is 11.6 Å². The van der Waals surface area contributed by atoms with Crippen molar-refractivity contribution in [2.45, 2.75) is 11.1 Å². The van der Waals surface area contributed by atoms with Crippen molar-refractivity contribution >= 4 is 11.6 Å². The molecule has 0 radical (unpaired) electrons. The molecule has 1 N–H and O–H groups in total. The normalized spacial score (nSPS) is 35.6. The Bertz CT molecular complexity index is 238. The number of aliphatic hydroxyl groups is 1. The van der Waals surface area contributed by atoms with Crippen LogP contribution < -0.4 is 0 Å². The van der Waals surface area contributed by atoms with Crippen LogP contribution in [0.2, 0.25) is 0 Å². The van der Waals surface area contributed by atoms with Crippen LogP contribution in [-0.4, -0.2) is 21.1 Å². The van der Waals surface area contributed by atoms with E-state index in [1.165, 1.54) is 18.2 Å². The Morgan fingerprint density at radius 3 is 2.64 bits per heavy atom. The lowest BCUT2D eigenvalue weighted by Gasteiger charge is -2.19. The van der Waals surface area contributed by atoms with Gasteiger partial charge < -0.3 is 5.11 Å². The van der Waals surface area contributed by atoms with Crippen LogP contribution in [-0.2, 0) is 0 Å². The lowest BCUT2D eigenvalue weighted by atomic mass is 10.1. The second kappa shape index (κ2) is 2.64. The molecule has 0 aromatic rings. The number of halogens is 1. The molecule has 5 heteroatoms. The van der Waals surface area contributed by atoms with E-state index in [-0.39, 0.29) is 0 Å². The summed E-state index contributed by atoms with van der Waals surface area (Å²) >= 11 is 5.47. The number of nitrogens with zero attached hydrogens (tertiary/aromatic N) is 1. The third-order valence-electron chi connectivity index (χ3n) is 1.43. The fourth-order valence-corrected chi connectivity index (χ4v) is 0.908. The third-order valence-corrected chi connectivity index (χ3v) is 1.92. The second-order valence-electron chi connectivity index (χ2n) is 2.17. The molecule has 0 amide bonds. The van der Waals surface area contributed by atoms with Gasteiger partial charge in [0.25, 0.3) is 0 Å². The quantitative estimate of drug-likeness (QED) is 0.276. The Labute approximate surface area is 67.9 Å². The van der Waals surface area contributed by atoms with Gasteiger partial charge in [0.05, 0.1) is 4.92 Å². The first kappa shape index (κ1) is 8.23. The molecular weight excluding hydrogens is 170 g/mol. The van der Waals surface area contributed by atoms with Gasteiger partial charge in [0, 0.05) is 6.08 Å². The van der Waals surface area contributed by atoms with Crippen molar-refractivity contribution in [1.82, 2.24) is 0 Å². The molecule has 0 aliphatic heterocycles. The molecule has 4 nitrogen and oxygen atoms in total. The van der Waals surface area contributed by atoms with E-state index in [9.17, 15) is 10.1 Å². The van der Waals surface area contributed by atoms with E-state index in [0.717, 1.165) is 6.08 Å². The number of alkyl halides is 1. The molecule has 0 saturated heterocycles. The summed E-state index contributed by atoms with van der Waals surface area (Å²) < 4.78 is 0. The lowest BCUT2D eigenvalue weighted by Crippen LogP contribution is -2.42. The molecule has 1 aliphatic carbocycles. The maximum Gasteiger partial charge on any atom is 0.342 e. The number of rotatable bonds is 1. The highest BCUT2D eigenvalue weighted by Crippen LogP contribution is 2.26. The average molecular weight is 176 g/mol. The number of nitro groups is 1. The van der Waals surface area contributed by atoms with Gasteiger partial charge in [-0.2, -0.15) is 0 Å². The van der Waals surface area contributed by atoms with Crippen molar-refractivity contribution in [1.29, 1.82) is 0 Å². The van der Waals surface area contributed by atoms with Gasteiger partial charge in [0.2, 0.25) is 0 Å². The van der Waals surface area contributed by atoms with Crippen LogP contribution in [0.3, 0.4) is 0 Å². The number of hydrogen-bond donors (Lipinski definition) is 1. The molecule has 0 fully saturated rings. The van der Waals surface area contributed by atoms with Gasteiger partial charge in [-0.25, -0.2) is 0 Å². The SMILES string of the molecule is O=[N+]([O-])C1(Cl)C=CC=CC1O. The monoisotopic (exact) mass is 175 g/mol. The molecule has 0 saturated carbocycles. The van der Waals surface area contributed by atoms with Crippen molar-refractivity contribution in [3.8, 4) is 0 Å². The lowest BCUT2D eigenvalue weighted by molar-refractivity contribution is -0.537. The van der Waals surface area contributed by atoms with Crippen LogP contribution in [0.1, 0.15) is 0 Å². The van der Waals surface area contributed by atoms with Gasteiger partial charge in [-0.1, -0.05) is 12.2 Å². The zero-order valence-electron chi connectivity index (χ0n) is 5.48. The highest BCUT2D eigenvalue weighted by molar-refractivity contribution is 6.24. The van der Waals surface area contributed by atoms with E-state index in [4.69, 9.17) is 16.7 Å². The molecular formula is C6H6ClNO3. The van der Waals surface area contributed by atoms with Crippen LogP contribution in [0.4, 0.5) is 0 Å². The van der Waals surface area contributed by atoms with E-state index in [2.05, 4.69) is 0 Å². The van der Waals surface area contributed by atoms with Crippen molar-refractivity contribution in [2.24, 2.45) is 0 Å². The first-order valence-corrected chi connectivity index (χ1v) is 3.32. The topological polar surface area (TPSA) is 63.4 Å². The average Bonchev–Trinajstić information content (AvgIpc) is 1.95. The number of allylic oxidation sites excluding steroid dienone is 2. The first-order valence-electron chi connectivity index (χ1n) is 2.95. The van der Waals surface area contributed by atoms with Crippen molar-refractivity contribution < 1.29 is 10.0 Å². The van der Waals surface area contributed by atoms with Gasteiger partial charge in [0.15, 0.2) is 6.10 Å². The van der Waals surface area contributed by atoms with E-state index in [1.807, 2.05) is 0 Å². The largest absolute Gasteiger partial charge is 0.380 e. The molecule has 0 heterocycles. The molecule has 0 bridgehead atoms. The van der Waals surface area contributed by atoms with E-state index in [0.29, 0.717) is 0 Å². The van der Waals surface area contributed by atoms with Crippen molar-refractivity contribution in [2.75, 3.05) is 0 Å². The van der Waals surface area contributed by atoms with Gasteiger partial charge in [-0.05, 0) is 17.7 Å². The van der Waals surface area contributed by atoms with Gasteiger partial charge in [0.1, 0.15) is 0 Å². The summed E-state index contributed by atoms with van der Waals surface area (Å²) in [4.78, 5) is 7.71. The Morgan fingerprint density at radius 1 is 1.64 bits per heavy atom. The second-order valence-corrected chi connectivity index (χ2v) is 2.78. The minimum Gasteiger partial charge on any atom is -0.380 e. The smallest absolute Gasteiger partial charge is 0.342 e.